The van der Waals surface area contributed by atoms with Crippen LogP contribution in [0.5, 0.6) is 0 Å². The number of unbranched alkanes of at least 4 members (excludes halogenated alkanes) is 1. The van der Waals surface area contributed by atoms with Crippen LogP contribution in [-0.2, 0) is 19.1 Å². The van der Waals surface area contributed by atoms with E-state index in [0.717, 1.165) is 51.4 Å². The van der Waals surface area contributed by atoms with Gasteiger partial charge in [0, 0.05) is 12.8 Å². The van der Waals surface area contributed by atoms with Crippen molar-refractivity contribution in [3.8, 4) is 0 Å². The number of aliphatic hydroxyl groups is 1. The van der Waals surface area contributed by atoms with Crippen molar-refractivity contribution in [1.29, 1.82) is 0 Å². The van der Waals surface area contributed by atoms with Gasteiger partial charge in [-0.1, -0.05) is 32.8 Å². The van der Waals surface area contributed by atoms with Crippen molar-refractivity contribution in [3.05, 3.63) is 11.6 Å². The molecule has 2 saturated carbocycles. The molecule has 3 aliphatic rings. The van der Waals surface area contributed by atoms with Crippen molar-refractivity contribution in [3.63, 3.8) is 0 Å². The largest absolute Gasteiger partial charge is 0.451 e. The van der Waals surface area contributed by atoms with E-state index in [2.05, 4.69) is 13.8 Å². The summed E-state index contributed by atoms with van der Waals surface area (Å²) in [6, 6.07) is 0. The Morgan fingerprint density at radius 2 is 1.94 bits per heavy atom. The van der Waals surface area contributed by atoms with Crippen LogP contribution in [0.4, 0.5) is 0 Å². The average Bonchev–Trinajstić information content (AvgIpc) is 2.82. The van der Waals surface area contributed by atoms with Crippen LogP contribution in [0.15, 0.2) is 11.6 Å². The lowest BCUT2D eigenvalue weighted by Gasteiger charge is -2.51. The van der Waals surface area contributed by atoms with E-state index in [1.165, 1.54) is 5.57 Å². The second-order valence-electron chi connectivity index (χ2n) is 10.4. The number of aliphatic hydroxyl groups excluding tert-OH is 1. The van der Waals surface area contributed by atoms with E-state index in [0.29, 0.717) is 43.4 Å². The Bertz CT molecular complexity index is 725. The molecule has 31 heavy (non-hydrogen) atoms. The Morgan fingerprint density at radius 3 is 2.65 bits per heavy atom. The molecule has 0 radical (unpaired) electrons. The molecular formula is C26H40O5. The minimum atomic E-state index is -1.19. The van der Waals surface area contributed by atoms with Gasteiger partial charge in [0.05, 0.1) is 0 Å². The summed E-state index contributed by atoms with van der Waals surface area (Å²) in [6.07, 6.45) is 11.0. The molecule has 0 aromatic rings. The lowest BCUT2D eigenvalue weighted by Crippen LogP contribution is -2.45. The average molecular weight is 433 g/mol. The van der Waals surface area contributed by atoms with Gasteiger partial charge < -0.3 is 9.84 Å². The van der Waals surface area contributed by atoms with Crippen molar-refractivity contribution in [2.75, 3.05) is 6.61 Å². The molecule has 5 heteroatoms. The van der Waals surface area contributed by atoms with Gasteiger partial charge in [-0.25, -0.2) is 0 Å². The van der Waals surface area contributed by atoms with Crippen LogP contribution < -0.4 is 0 Å². The molecule has 0 aromatic carbocycles. The summed E-state index contributed by atoms with van der Waals surface area (Å²) in [4.78, 5) is 37.4. The number of Topliss-reactive ketones (excluding diaryl/α,β-unsaturated/α-hetero) is 1. The van der Waals surface area contributed by atoms with Crippen molar-refractivity contribution in [2.45, 2.75) is 103 Å². The zero-order valence-electron chi connectivity index (χ0n) is 19.6. The first-order valence-corrected chi connectivity index (χ1v) is 12.4. The molecule has 0 aliphatic heterocycles. The van der Waals surface area contributed by atoms with Gasteiger partial charge in [0.15, 0.2) is 11.4 Å². The smallest absolute Gasteiger partial charge is 0.306 e. The summed E-state index contributed by atoms with van der Waals surface area (Å²) in [7, 11) is 0. The second-order valence-corrected chi connectivity index (χ2v) is 10.4. The molecule has 5 atom stereocenters. The van der Waals surface area contributed by atoms with E-state index in [-0.39, 0.29) is 23.0 Å². The normalized spacial score (nSPS) is 36.2. The number of carbonyl (C=O) groups excluding carboxylic acids is 3. The predicted octanol–water partition coefficient (Wildman–Crippen LogP) is 4.94. The highest BCUT2D eigenvalue weighted by Crippen LogP contribution is 2.57. The molecule has 5 nitrogen and oxygen atoms in total. The van der Waals surface area contributed by atoms with Crippen molar-refractivity contribution in [1.82, 2.24) is 0 Å². The number of esters is 1. The van der Waals surface area contributed by atoms with Gasteiger partial charge in [-0.3, -0.25) is 14.4 Å². The summed E-state index contributed by atoms with van der Waals surface area (Å²) in [6.45, 7) is 6.04. The SMILES string of the molecule is CCCCC(=O)O[C@@]1(C(=O)CO)CCC[C@H]2[C@@H](CCC3=CC(=O)CC[C@@]32C)[C@@H](C)CC1. The Hall–Kier alpha value is -1.49. The molecule has 0 aromatic heterocycles. The minimum absolute atomic E-state index is 0.0525. The number of rotatable bonds is 6. The van der Waals surface area contributed by atoms with Crippen LogP contribution in [0.3, 0.4) is 0 Å². The highest BCUT2D eigenvalue weighted by Gasteiger charge is 2.50. The maximum Gasteiger partial charge on any atom is 0.306 e. The molecule has 0 bridgehead atoms. The van der Waals surface area contributed by atoms with Crippen LogP contribution >= 0.6 is 0 Å². The van der Waals surface area contributed by atoms with E-state index in [1.54, 1.807) is 0 Å². The standard InChI is InChI=1S/C26H40O5/c1-4-5-8-24(30)31-26(23(29)17-27)13-6-7-22-21(18(2)11-15-26)10-9-19-16-20(28)12-14-25(19,22)3/h16,18,21-22,27H,4-15,17H2,1-3H3/t18-,21-,22-,25-,26-/m0/s1. The molecule has 1 N–H and O–H groups in total. The first kappa shape index (κ1) is 24.2. The Kier molecular flexibility index (Phi) is 7.77. The summed E-state index contributed by atoms with van der Waals surface area (Å²) < 4.78 is 5.87. The maximum atomic E-state index is 12.8. The molecule has 0 saturated heterocycles. The molecule has 0 unspecified atom stereocenters. The lowest BCUT2D eigenvalue weighted by molar-refractivity contribution is -0.171. The van der Waals surface area contributed by atoms with E-state index in [9.17, 15) is 19.5 Å². The molecule has 0 amide bonds. The predicted molar refractivity (Wildman–Crippen MR) is 119 cm³/mol. The Balaban J connectivity index is 1.85. The van der Waals surface area contributed by atoms with Gasteiger partial charge in [0.25, 0.3) is 0 Å². The van der Waals surface area contributed by atoms with E-state index < -0.39 is 12.2 Å². The van der Waals surface area contributed by atoms with Crippen molar-refractivity contribution in [2.24, 2.45) is 23.2 Å². The summed E-state index contributed by atoms with van der Waals surface area (Å²) in [5.41, 5.74) is 0.181. The quantitative estimate of drug-likeness (QED) is 0.601. The van der Waals surface area contributed by atoms with Crippen LogP contribution in [-0.4, -0.2) is 34.9 Å². The third kappa shape index (κ3) is 4.97. The van der Waals surface area contributed by atoms with Crippen LogP contribution in [0.2, 0.25) is 0 Å². The first-order chi connectivity index (χ1) is 14.8. The zero-order valence-corrected chi connectivity index (χ0v) is 19.6. The van der Waals surface area contributed by atoms with E-state index in [4.69, 9.17) is 4.74 Å². The molecule has 0 spiro atoms. The monoisotopic (exact) mass is 432 g/mol. The van der Waals surface area contributed by atoms with Gasteiger partial charge in [-0.15, -0.1) is 0 Å². The molecule has 3 rings (SSSR count). The number of fused-ring (bicyclic) bond motifs is 3. The number of ether oxygens (including phenoxy) is 1. The van der Waals surface area contributed by atoms with Crippen LogP contribution in [0.25, 0.3) is 0 Å². The number of hydrogen-bond donors (Lipinski definition) is 1. The van der Waals surface area contributed by atoms with Gasteiger partial charge in [-0.05, 0) is 87.0 Å². The van der Waals surface area contributed by atoms with Gasteiger partial charge in [0.2, 0.25) is 5.78 Å². The summed E-state index contributed by atoms with van der Waals surface area (Å²) in [5.74, 6) is 1.01. The first-order valence-electron chi connectivity index (χ1n) is 12.4. The van der Waals surface area contributed by atoms with Gasteiger partial charge in [-0.2, -0.15) is 0 Å². The fraction of sp³-hybridized carbons (Fsp3) is 0.808. The fourth-order valence-electron chi connectivity index (χ4n) is 6.55. The molecular weight excluding hydrogens is 392 g/mol. The summed E-state index contributed by atoms with van der Waals surface area (Å²) in [5, 5.41) is 9.69. The number of ketones is 2. The van der Waals surface area contributed by atoms with Crippen LogP contribution in [0, 0.1) is 23.2 Å². The van der Waals surface area contributed by atoms with Crippen LogP contribution in [0.1, 0.15) is 97.8 Å². The third-order valence-electron chi connectivity index (χ3n) is 8.57. The van der Waals surface area contributed by atoms with E-state index >= 15 is 0 Å². The third-order valence-corrected chi connectivity index (χ3v) is 8.57. The Morgan fingerprint density at radius 1 is 1.16 bits per heavy atom. The highest BCUT2D eigenvalue weighted by molar-refractivity contribution is 5.92. The molecule has 3 aliphatic carbocycles. The lowest BCUT2D eigenvalue weighted by atomic mass is 9.53. The van der Waals surface area contributed by atoms with Gasteiger partial charge in [0.1, 0.15) is 6.61 Å². The Labute approximate surface area is 187 Å². The number of carbonyl (C=O) groups is 3. The minimum Gasteiger partial charge on any atom is -0.451 e. The van der Waals surface area contributed by atoms with E-state index in [1.807, 2.05) is 13.0 Å². The number of hydrogen-bond acceptors (Lipinski definition) is 5. The highest BCUT2D eigenvalue weighted by atomic mass is 16.6. The van der Waals surface area contributed by atoms with Gasteiger partial charge >= 0.3 is 5.97 Å². The maximum absolute atomic E-state index is 12.8. The van der Waals surface area contributed by atoms with Crippen molar-refractivity contribution < 1.29 is 24.2 Å². The second kappa shape index (κ2) is 9.97. The van der Waals surface area contributed by atoms with Crippen molar-refractivity contribution >= 4 is 17.5 Å². The fourth-order valence-corrected chi connectivity index (χ4v) is 6.55. The number of allylic oxidation sites excluding steroid dienone is 2. The molecule has 2 fully saturated rings. The zero-order chi connectivity index (χ0) is 22.6. The molecule has 0 heterocycles. The topological polar surface area (TPSA) is 80.7 Å². The molecule has 174 valence electrons. The summed E-state index contributed by atoms with van der Waals surface area (Å²) >= 11 is 0.